The Balaban J connectivity index is 0.000000340. The lowest BCUT2D eigenvalue weighted by molar-refractivity contribution is 0.824. The molecular formula is C42H37N5. The van der Waals surface area contributed by atoms with E-state index in [0.29, 0.717) is 18.4 Å². The standard InChI is InChI=1S/C34H28N4.C8H9N/c35-34(25-11-5-2-6-12-25)36-22-23-15-17-27(18-16-23)38-32-14-8-7-13-28(32)29-19-26-20-30(24-9-3-1-4-10-24)37-31(26)21-33(29)38;1-9-7-8-5-3-2-4-6-8/h1-19,21,30,37H,20,22H2,(H2,35,36);2-6H,1,7H2. The highest BCUT2D eigenvalue weighted by atomic mass is 15.0. The van der Waals surface area contributed by atoms with E-state index >= 15 is 0 Å². The van der Waals surface area contributed by atoms with E-state index in [9.17, 15) is 0 Å². The lowest BCUT2D eigenvalue weighted by Gasteiger charge is -2.12. The van der Waals surface area contributed by atoms with Gasteiger partial charge in [-0.2, -0.15) is 0 Å². The number of nitrogens with two attached hydrogens (primary N) is 1. The Morgan fingerprint density at radius 2 is 1.32 bits per heavy atom. The normalized spacial score (nSPS) is 13.9. The number of hydrogen-bond donors (Lipinski definition) is 2. The third-order valence-electron chi connectivity index (χ3n) is 8.69. The Morgan fingerprint density at radius 1 is 0.681 bits per heavy atom. The van der Waals surface area contributed by atoms with Gasteiger partial charge in [0.05, 0.1) is 30.2 Å². The van der Waals surface area contributed by atoms with Crippen LogP contribution in [-0.2, 0) is 19.5 Å². The molecule has 5 heteroatoms. The van der Waals surface area contributed by atoms with Gasteiger partial charge in [-0.3, -0.25) is 9.98 Å². The van der Waals surface area contributed by atoms with Crippen LogP contribution in [-0.4, -0.2) is 17.1 Å². The molecule has 0 saturated heterocycles. The van der Waals surface area contributed by atoms with Gasteiger partial charge in [-0.15, -0.1) is 0 Å². The molecule has 0 fully saturated rings. The number of nitrogens with zero attached hydrogens (tertiary/aromatic N) is 3. The number of amidine groups is 1. The number of aliphatic imine (C=N–C) groups is 2. The van der Waals surface area contributed by atoms with Crippen molar-refractivity contribution in [2.24, 2.45) is 15.7 Å². The predicted molar refractivity (Wildman–Crippen MR) is 198 cm³/mol. The maximum absolute atomic E-state index is 6.21. The highest BCUT2D eigenvalue weighted by Gasteiger charge is 2.24. The van der Waals surface area contributed by atoms with E-state index in [0.717, 1.165) is 29.8 Å². The molecule has 1 aliphatic heterocycles. The Labute approximate surface area is 275 Å². The monoisotopic (exact) mass is 611 g/mol. The molecule has 7 aromatic rings. The predicted octanol–water partition coefficient (Wildman–Crippen LogP) is 9.29. The fraction of sp³-hybridized carbons (Fsp3) is 0.0952. The number of benzene rings is 6. The van der Waals surface area contributed by atoms with Gasteiger partial charge < -0.3 is 15.6 Å². The van der Waals surface area contributed by atoms with Crippen molar-refractivity contribution in [2.45, 2.75) is 25.6 Å². The molecule has 5 nitrogen and oxygen atoms in total. The summed E-state index contributed by atoms with van der Waals surface area (Å²) < 4.78 is 2.37. The van der Waals surface area contributed by atoms with Crippen molar-refractivity contribution in [3.8, 4) is 5.69 Å². The van der Waals surface area contributed by atoms with Crippen LogP contribution in [0.4, 0.5) is 5.69 Å². The molecule has 0 spiro atoms. The van der Waals surface area contributed by atoms with Crippen molar-refractivity contribution >= 4 is 40.0 Å². The van der Waals surface area contributed by atoms with Gasteiger partial charge in [-0.25, -0.2) is 0 Å². The summed E-state index contributed by atoms with van der Waals surface area (Å²) in [4.78, 5) is 8.36. The zero-order chi connectivity index (χ0) is 32.0. The van der Waals surface area contributed by atoms with Crippen LogP contribution in [0.15, 0.2) is 162 Å². The summed E-state index contributed by atoms with van der Waals surface area (Å²) in [6, 6.07) is 53.0. The average molecular weight is 612 g/mol. The second-order valence-corrected chi connectivity index (χ2v) is 11.8. The number of para-hydroxylation sites is 1. The van der Waals surface area contributed by atoms with Gasteiger partial charge in [0.25, 0.3) is 0 Å². The third kappa shape index (κ3) is 6.42. The molecule has 0 bridgehead atoms. The van der Waals surface area contributed by atoms with Crippen molar-refractivity contribution in [3.05, 3.63) is 179 Å². The fourth-order valence-corrected chi connectivity index (χ4v) is 6.33. The Bertz CT molecular complexity index is 2150. The van der Waals surface area contributed by atoms with Crippen molar-refractivity contribution < 1.29 is 0 Å². The third-order valence-corrected chi connectivity index (χ3v) is 8.69. The molecule has 2 heterocycles. The van der Waals surface area contributed by atoms with Crippen LogP contribution in [0.5, 0.6) is 0 Å². The number of anilines is 1. The van der Waals surface area contributed by atoms with Gasteiger partial charge in [0.1, 0.15) is 5.84 Å². The van der Waals surface area contributed by atoms with E-state index in [2.05, 4.69) is 118 Å². The second-order valence-electron chi connectivity index (χ2n) is 11.8. The van der Waals surface area contributed by atoms with Gasteiger partial charge in [-0.1, -0.05) is 121 Å². The number of rotatable bonds is 7. The largest absolute Gasteiger partial charge is 0.383 e. The maximum atomic E-state index is 6.21. The van der Waals surface area contributed by atoms with E-state index < -0.39 is 0 Å². The lowest BCUT2D eigenvalue weighted by Crippen LogP contribution is -2.13. The first kappa shape index (κ1) is 29.8. The SMILES string of the molecule is C=NCc1ccccc1.NC(=NCc1ccc(-n2c3ccccc3c3cc4c(cc32)NC(c2ccccc2)C4)cc1)c1ccccc1. The lowest BCUT2D eigenvalue weighted by atomic mass is 10.0. The van der Waals surface area contributed by atoms with E-state index in [1.165, 1.54) is 44.2 Å². The minimum absolute atomic E-state index is 0.306. The molecule has 1 aromatic heterocycles. The minimum Gasteiger partial charge on any atom is -0.383 e. The van der Waals surface area contributed by atoms with Crippen LogP contribution in [0.2, 0.25) is 0 Å². The summed E-state index contributed by atoms with van der Waals surface area (Å²) in [5.41, 5.74) is 17.0. The van der Waals surface area contributed by atoms with E-state index in [-0.39, 0.29) is 0 Å². The highest BCUT2D eigenvalue weighted by Crippen LogP contribution is 2.41. The highest BCUT2D eigenvalue weighted by molar-refractivity contribution is 6.10. The molecule has 6 aromatic carbocycles. The Morgan fingerprint density at radius 3 is 2.04 bits per heavy atom. The minimum atomic E-state index is 0.306. The summed E-state index contributed by atoms with van der Waals surface area (Å²) in [6.45, 7) is 4.68. The first-order chi connectivity index (χ1) is 23.2. The van der Waals surface area contributed by atoms with Crippen molar-refractivity contribution in [1.82, 2.24) is 4.57 Å². The molecule has 1 unspecified atom stereocenters. The summed E-state index contributed by atoms with van der Waals surface area (Å²) >= 11 is 0. The number of fused-ring (bicyclic) bond motifs is 4. The van der Waals surface area contributed by atoms with Crippen LogP contribution in [0.25, 0.3) is 27.5 Å². The average Bonchev–Trinajstić information content (AvgIpc) is 3.70. The van der Waals surface area contributed by atoms with Crippen LogP contribution >= 0.6 is 0 Å². The van der Waals surface area contributed by atoms with Gasteiger partial charge in [0.2, 0.25) is 0 Å². The number of nitrogens with one attached hydrogen (secondary N) is 1. The van der Waals surface area contributed by atoms with Gasteiger partial charge in [0.15, 0.2) is 0 Å². The zero-order valence-corrected chi connectivity index (χ0v) is 26.3. The van der Waals surface area contributed by atoms with Crippen LogP contribution in [0, 0.1) is 0 Å². The summed E-state index contributed by atoms with van der Waals surface area (Å²) in [7, 11) is 0. The molecule has 0 aliphatic carbocycles. The smallest absolute Gasteiger partial charge is 0.125 e. The van der Waals surface area contributed by atoms with Crippen LogP contribution in [0.1, 0.15) is 33.9 Å². The van der Waals surface area contributed by atoms with Gasteiger partial charge in [0, 0.05) is 27.7 Å². The second kappa shape index (κ2) is 13.6. The summed E-state index contributed by atoms with van der Waals surface area (Å²) in [5.74, 6) is 0.562. The first-order valence-electron chi connectivity index (χ1n) is 16.0. The van der Waals surface area contributed by atoms with E-state index in [1.54, 1.807) is 0 Å². The van der Waals surface area contributed by atoms with Crippen LogP contribution in [0.3, 0.4) is 0 Å². The first-order valence-corrected chi connectivity index (χ1v) is 16.0. The maximum Gasteiger partial charge on any atom is 0.125 e. The number of aromatic nitrogens is 1. The Kier molecular flexibility index (Phi) is 8.60. The van der Waals surface area contributed by atoms with Crippen molar-refractivity contribution in [3.63, 3.8) is 0 Å². The molecule has 3 N–H and O–H groups in total. The van der Waals surface area contributed by atoms with Gasteiger partial charge >= 0.3 is 0 Å². The molecular weight excluding hydrogens is 574 g/mol. The molecule has 1 atom stereocenters. The van der Waals surface area contributed by atoms with E-state index in [1.807, 2.05) is 60.7 Å². The topological polar surface area (TPSA) is 67.7 Å². The van der Waals surface area contributed by atoms with Crippen molar-refractivity contribution in [1.29, 1.82) is 0 Å². The number of hydrogen-bond acceptors (Lipinski definition) is 3. The molecule has 0 amide bonds. The molecule has 0 saturated carbocycles. The summed E-state index contributed by atoms with van der Waals surface area (Å²) in [5, 5.41) is 6.34. The molecule has 8 rings (SSSR count). The molecule has 230 valence electrons. The fourth-order valence-electron chi connectivity index (χ4n) is 6.33. The molecule has 47 heavy (non-hydrogen) atoms. The Hall–Kier alpha value is -5.94. The summed E-state index contributed by atoms with van der Waals surface area (Å²) in [6.07, 6.45) is 0.996. The molecule has 1 aliphatic rings. The van der Waals surface area contributed by atoms with Crippen LogP contribution < -0.4 is 11.1 Å². The molecule has 0 radical (unpaired) electrons. The van der Waals surface area contributed by atoms with Gasteiger partial charge in [-0.05, 0) is 65.7 Å². The quantitative estimate of drug-likeness (QED) is 0.139. The van der Waals surface area contributed by atoms with Crippen molar-refractivity contribution in [2.75, 3.05) is 5.32 Å². The van der Waals surface area contributed by atoms with E-state index in [4.69, 9.17) is 5.73 Å². The zero-order valence-electron chi connectivity index (χ0n) is 26.3.